The van der Waals surface area contributed by atoms with Gasteiger partial charge in [0.05, 0.1) is 11.6 Å². The van der Waals surface area contributed by atoms with Crippen molar-refractivity contribution >= 4 is 27.8 Å². The van der Waals surface area contributed by atoms with Gasteiger partial charge in [0.2, 0.25) is 0 Å². The molecule has 0 unspecified atom stereocenters. The summed E-state index contributed by atoms with van der Waals surface area (Å²) in [6.07, 6.45) is 0.649. The number of nitrogens with one attached hydrogen (secondary N) is 1. The fraction of sp³-hybridized carbons (Fsp3) is 0.222. The molecule has 132 valence electrons. The smallest absolute Gasteiger partial charge is 0.338 e. The van der Waals surface area contributed by atoms with Gasteiger partial charge in [0.15, 0.2) is 6.61 Å². The SMILES string of the molecule is CC[C@@H](NC(=O)COC(=O)c1cc(F)cc(F)c1)c1ccc(Br)cc1. The Kier molecular flexibility index (Phi) is 6.64. The van der Waals surface area contributed by atoms with E-state index in [2.05, 4.69) is 21.2 Å². The molecule has 0 saturated heterocycles. The Morgan fingerprint density at radius 1 is 1.12 bits per heavy atom. The van der Waals surface area contributed by atoms with Gasteiger partial charge in [-0.05, 0) is 36.2 Å². The minimum Gasteiger partial charge on any atom is -0.452 e. The van der Waals surface area contributed by atoms with Crippen molar-refractivity contribution in [3.8, 4) is 0 Å². The Balaban J connectivity index is 1.92. The molecule has 1 amide bonds. The summed E-state index contributed by atoms with van der Waals surface area (Å²) in [6, 6.07) is 9.59. The molecule has 2 rings (SSSR count). The van der Waals surface area contributed by atoms with E-state index in [4.69, 9.17) is 4.74 Å². The number of hydrogen-bond acceptors (Lipinski definition) is 3. The van der Waals surface area contributed by atoms with Crippen LogP contribution in [0.4, 0.5) is 8.78 Å². The van der Waals surface area contributed by atoms with Gasteiger partial charge in [-0.1, -0.05) is 35.0 Å². The molecule has 1 atom stereocenters. The maximum Gasteiger partial charge on any atom is 0.338 e. The highest BCUT2D eigenvalue weighted by Gasteiger charge is 2.16. The molecule has 2 aromatic carbocycles. The molecule has 1 N–H and O–H groups in total. The predicted molar refractivity (Wildman–Crippen MR) is 92.0 cm³/mol. The zero-order valence-electron chi connectivity index (χ0n) is 13.4. The number of rotatable bonds is 6. The van der Waals surface area contributed by atoms with E-state index in [1.165, 1.54) is 0 Å². The van der Waals surface area contributed by atoms with E-state index in [-0.39, 0.29) is 11.6 Å². The van der Waals surface area contributed by atoms with Crippen LogP contribution in [0.1, 0.15) is 35.3 Å². The Morgan fingerprint density at radius 3 is 2.28 bits per heavy atom. The van der Waals surface area contributed by atoms with Crippen LogP contribution in [0.25, 0.3) is 0 Å². The number of halogens is 3. The second kappa shape index (κ2) is 8.71. The summed E-state index contributed by atoms with van der Waals surface area (Å²) in [5.74, 6) is -3.25. The van der Waals surface area contributed by atoms with E-state index in [1.54, 1.807) is 0 Å². The van der Waals surface area contributed by atoms with Gasteiger partial charge in [0.25, 0.3) is 5.91 Å². The fourth-order valence-electron chi connectivity index (χ4n) is 2.24. The van der Waals surface area contributed by atoms with Crippen LogP contribution in [-0.4, -0.2) is 18.5 Å². The zero-order valence-corrected chi connectivity index (χ0v) is 15.0. The molecule has 0 aliphatic heterocycles. The molecule has 0 heterocycles. The topological polar surface area (TPSA) is 55.4 Å². The molecular weight excluding hydrogens is 396 g/mol. The van der Waals surface area contributed by atoms with Crippen molar-refractivity contribution in [3.63, 3.8) is 0 Å². The Morgan fingerprint density at radius 2 is 1.72 bits per heavy atom. The minimum atomic E-state index is -0.967. The van der Waals surface area contributed by atoms with Crippen LogP contribution >= 0.6 is 15.9 Å². The van der Waals surface area contributed by atoms with Crippen LogP contribution in [0.3, 0.4) is 0 Å². The summed E-state index contributed by atoms with van der Waals surface area (Å²) in [7, 11) is 0. The third-order valence-electron chi connectivity index (χ3n) is 3.45. The third kappa shape index (κ3) is 5.63. The highest BCUT2D eigenvalue weighted by molar-refractivity contribution is 9.10. The van der Waals surface area contributed by atoms with Gasteiger partial charge in [-0.3, -0.25) is 4.79 Å². The normalized spacial score (nSPS) is 11.7. The molecule has 25 heavy (non-hydrogen) atoms. The summed E-state index contributed by atoms with van der Waals surface area (Å²) in [4.78, 5) is 23.8. The van der Waals surface area contributed by atoms with Crippen molar-refractivity contribution in [2.75, 3.05) is 6.61 Å². The first kappa shape index (κ1) is 19.1. The molecule has 0 spiro atoms. The maximum atomic E-state index is 13.1. The van der Waals surface area contributed by atoms with Crippen LogP contribution in [0.15, 0.2) is 46.9 Å². The third-order valence-corrected chi connectivity index (χ3v) is 3.98. The lowest BCUT2D eigenvalue weighted by Crippen LogP contribution is -2.32. The first-order valence-electron chi connectivity index (χ1n) is 7.57. The summed E-state index contributed by atoms with van der Waals surface area (Å²) >= 11 is 3.34. The molecule has 0 radical (unpaired) electrons. The molecule has 0 bridgehead atoms. The van der Waals surface area contributed by atoms with Crippen molar-refractivity contribution in [2.24, 2.45) is 0 Å². The molecule has 2 aromatic rings. The van der Waals surface area contributed by atoms with E-state index in [1.807, 2.05) is 31.2 Å². The van der Waals surface area contributed by atoms with Gasteiger partial charge in [-0.2, -0.15) is 0 Å². The van der Waals surface area contributed by atoms with E-state index in [0.29, 0.717) is 12.5 Å². The number of carbonyl (C=O) groups is 2. The largest absolute Gasteiger partial charge is 0.452 e. The monoisotopic (exact) mass is 411 g/mol. The summed E-state index contributed by atoms with van der Waals surface area (Å²) < 4.78 is 31.9. The fourth-order valence-corrected chi connectivity index (χ4v) is 2.50. The van der Waals surface area contributed by atoms with Gasteiger partial charge in [-0.15, -0.1) is 0 Å². The Labute approximate surface area is 152 Å². The number of hydrogen-bond donors (Lipinski definition) is 1. The molecule has 0 saturated carbocycles. The van der Waals surface area contributed by atoms with Crippen LogP contribution in [-0.2, 0) is 9.53 Å². The van der Waals surface area contributed by atoms with Gasteiger partial charge in [0, 0.05) is 10.5 Å². The highest BCUT2D eigenvalue weighted by atomic mass is 79.9. The average Bonchev–Trinajstić information content (AvgIpc) is 2.57. The van der Waals surface area contributed by atoms with E-state index < -0.39 is 30.1 Å². The van der Waals surface area contributed by atoms with Crippen molar-refractivity contribution in [2.45, 2.75) is 19.4 Å². The molecule has 0 fully saturated rings. The molecule has 0 aliphatic carbocycles. The number of esters is 1. The van der Waals surface area contributed by atoms with Crippen LogP contribution < -0.4 is 5.32 Å². The van der Waals surface area contributed by atoms with Crippen LogP contribution in [0, 0.1) is 11.6 Å². The van der Waals surface area contributed by atoms with Crippen molar-refractivity contribution in [1.82, 2.24) is 5.32 Å². The standard InChI is InChI=1S/C18H16BrF2NO3/c1-2-16(11-3-5-13(19)6-4-11)22-17(23)10-25-18(24)12-7-14(20)9-15(21)8-12/h3-9,16H,2,10H2,1H3,(H,22,23)/t16-/m1/s1. The Bertz CT molecular complexity index is 745. The average molecular weight is 412 g/mol. The quantitative estimate of drug-likeness (QED) is 0.726. The van der Waals surface area contributed by atoms with Crippen molar-refractivity contribution < 1.29 is 23.1 Å². The highest BCUT2D eigenvalue weighted by Crippen LogP contribution is 2.19. The van der Waals surface area contributed by atoms with Gasteiger partial charge in [0.1, 0.15) is 11.6 Å². The lowest BCUT2D eigenvalue weighted by molar-refractivity contribution is -0.125. The Hall–Kier alpha value is -2.28. The summed E-state index contributed by atoms with van der Waals surface area (Å²) in [5, 5.41) is 2.75. The second-order valence-electron chi connectivity index (χ2n) is 5.31. The van der Waals surface area contributed by atoms with Crippen LogP contribution in [0.5, 0.6) is 0 Å². The predicted octanol–water partition coefficient (Wildman–Crippen LogP) is 4.15. The van der Waals surface area contributed by atoms with E-state index in [9.17, 15) is 18.4 Å². The molecule has 4 nitrogen and oxygen atoms in total. The number of ether oxygens (including phenoxy) is 1. The molecule has 0 aromatic heterocycles. The molecular formula is C18H16BrF2NO3. The van der Waals surface area contributed by atoms with Gasteiger partial charge in [-0.25, -0.2) is 13.6 Å². The maximum absolute atomic E-state index is 13.1. The lowest BCUT2D eigenvalue weighted by Gasteiger charge is -2.17. The van der Waals surface area contributed by atoms with Gasteiger partial charge < -0.3 is 10.1 Å². The minimum absolute atomic E-state index is 0.231. The molecule has 0 aliphatic rings. The number of benzene rings is 2. The first-order chi connectivity index (χ1) is 11.9. The zero-order chi connectivity index (χ0) is 18.4. The van der Waals surface area contributed by atoms with Crippen molar-refractivity contribution in [1.29, 1.82) is 0 Å². The first-order valence-corrected chi connectivity index (χ1v) is 8.36. The summed E-state index contributed by atoms with van der Waals surface area (Å²) in [6.45, 7) is 1.37. The number of amides is 1. The molecule has 7 heteroatoms. The summed E-state index contributed by atoms with van der Waals surface area (Å²) in [5.41, 5.74) is 0.628. The number of carbonyl (C=O) groups excluding carboxylic acids is 2. The lowest BCUT2D eigenvalue weighted by atomic mass is 10.0. The van der Waals surface area contributed by atoms with Gasteiger partial charge >= 0.3 is 5.97 Å². The van der Waals surface area contributed by atoms with E-state index in [0.717, 1.165) is 22.2 Å². The van der Waals surface area contributed by atoms with Crippen LogP contribution in [0.2, 0.25) is 0 Å². The second-order valence-corrected chi connectivity index (χ2v) is 6.23. The van der Waals surface area contributed by atoms with E-state index >= 15 is 0 Å². The van der Waals surface area contributed by atoms with Crippen molar-refractivity contribution in [3.05, 3.63) is 69.7 Å².